The Morgan fingerprint density at radius 3 is 2.70 bits per heavy atom. The molecule has 2 fully saturated rings. The second-order valence-electron chi connectivity index (χ2n) is 6.62. The molecule has 1 N–H and O–H groups in total. The Morgan fingerprint density at radius 1 is 1.13 bits per heavy atom. The fourth-order valence-electron chi connectivity index (χ4n) is 3.31. The van der Waals surface area contributed by atoms with Crippen LogP contribution in [0.15, 0.2) is 28.8 Å². The largest absolute Gasteiger partial charge is 0.349 e. The maximum atomic E-state index is 12.4. The number of carbonyl (C=O) groups is 1. The quantitative estimate of drug-likeness (QED) is 0.935. The second kappa shape index (κ2) is 6.14. The number of benzene rings is 1. The van der Waals surface area contributed by atoms with E-state index < -0.39 is 0 Å². The number of nitrogens with zero attached hydrogens (tertiary/aromatic N) is 2. The van der Waals surface area contributed by atoms with Gasteiger partial charge in [0, 0.05) is 23.1 Å². The van der Waals surface area contributed by atoms with Gasteiger partial charge in [-0.1, -0.05) is 36.6 Å². The van der Waals surface area contributed by atoms with E-state index >= 15 is 0 Å². The van der Waals surface area contributed by atoms with Crippen LogP contribution < -0.4 is 5.32 Å². The first-order valence-corrected chi connectivity index (χ1v) is 8.54. The smallest absolute Gasteiger partial charge is 0.251 e. The minimum absolute atomic E-state index is 0.0125. The van der Waals surface area contributed by atoms with Crippen LogP contribution in [-0.2, 0) is 0 Å². The molecule has 0 bridgehead atoms. The first-order valence-electron chi connectivity index (χ1n) is 8.54. The third-order valence-corrected chi connectivity index (χ3v) is 4.97. The topological polar surface area (TPSA) is 68.0 Å². The molecular formula is C18H21N3O2. The summed E-state index contributed by atoms with van der Waals surface area (Å²) in [6.07, 6.45) is 8.08. The van der Waals surface area contributed by atoms with E-state index in [2.05, 4.69) is 15.5 Å². The van der Waals surface area contributed by atoms with Crippen LogP contribution in [0.25, 0.3) is 11.4 Å². The maximum absolute atomic E-state index is 12.4. The summed E-state index contributed by atoms with van der Waals surface area (Å²) in [7, 11) is 0. The van der Waals surface area contributed by atoms with Gasteiger partial charge in [-0.2, -0.15) is 4.98 Å². The summed E-state index contributed by atoms with van der Waals surface area (Å²) in [6.45, 7) is 0. The molecule has 23 heavy (non-hydrogen) atoms. The molecule has 2 aliphatic carbocycles. The monoisotopic (exact) mass is 311 g/mol. The molecule has 1 heterocycles. The van der Waals surface area contributed by atoms with Crippen LogP contribution in [0.2, 0.25) is 0 Å². The van der Waals surface area contributed by atoms with E-state index in [0.717, 1.165) is 37.1 Å². The van der Waals surface area contributed by atoms with Crippen LogP contribution in [-0.4, -0.2) is 22.1 Å². The number of amides is 1. The predicted molar refractivity (Wildman–Crippen MR) is 86.0 cm³/mol. The third kappa shape index (κ3) is 3.00. The lowest BCUT2D eigenvalue weighted by Gasteiger charge is -2.20. The zero-order valence-electron chi connectivity index (χ0n) is 13.1. The zero-order valence-corrected chi connectivity index (χ0v) is 13.1. The molecule has 2 saturated carbocycles. The number of hydrogen-bond acceptors (Lipinski definition) is 4. The van der Waals surface area contributed by atoms with Gasteiger partial charge in [0.25, 0.3) is 5.91 Å². The molecule has 1 amide bonds. The van der Waals surface area contributed by atoms with Gasteiger partial charge in [-0.15, -0.1) is 0 Å². The molecule has 0 unspecified atom stereocenters. The van der Waals surface area contributed by atoms with Gasteiger partial charge in [-0.25, -0.2) is 0 Å². The molecule has 0 aliphatic heterocycles. The van der Waals surface area contributed by atoms with Crippen molar-refractivity contribution >= 4 is 5.91 Å². The molecule has 0 radical (unpaired) electrons. The molecule has 1 aromatic heterocycles. The van der Waals surface area contributed by atoms with Crippen molar-refractivity contribution in [2.75, 3.05) is 0 Å². The van der Waals surface area contributed by atoms with Crippen LogP contribution in [0.1, 0.15) is 67.1 Å². The molecule has 2 aromatic rings. The number of aromatic nitrogens is 2. The van der Waals surface area contributed by atoms with E-state index in [9.17, 15) is 4.79 Å². The number of nitrogens with one attached hydrogen (secondary N) is 1. The number of rotatable bonds is 4. The molecule has 1 aromatic carbocycles. The molecule has 0 saturated heterocycles. The van der Waals surface area contributed by atoms with Crippen LogP contribution in [0.5, 0.6) is 0 Å². The summed E-state index contributed by atoms with van der Waals surface area (Å²) in [4.78, 5) is 16.9. The van der Waals surface area contributed by atoms with E-state index in [1.807, 2.05) is 24.3 Å². The van der Waals surface area contributed by atoms with Crippen molar-refractivity contribution in [3.05, 3.63) is 35.7 Å². The highest BCUT2D eigenvalue weighted by molar-refractivity contribution is 5.95. The van der Waals surface area contributed by atoms with Crippen molar-refractivity contribution in [1.82, 2.24) is 15.5 Å². The summed E-state index contributed by atoms with van der Waals surface area (Å²) < 4.78 is 5.37. The standard InChI is InChI=1S/C18H21N3O2/c22-17(19-15-9-1-2-10-15)14-8-4-7-13(11-14)16-20-18(23-21-16)12-5-3-6-12/h4,7-8,11-12,15H,1-3,5-6,9-10H2,(H,19,22). The van der Waals surface area contributed by atoms with Crippen LogP contribution in [0, 0.1) is 0 Å². The van der Waals surface area contributed by atoms with E-state index in [1.54, 1.807) is 0 Å². The lowest BCUT2D eigenvalue weighted by molar-refractivity contribution is 0.0938. The van der Waals surface area contributed by atoms with Gasteiger partial charge in [-0.05, 0) is 37.8 Å². The third-order valence-electron chi connectivity index (χ3n) is 4.97. The molecule has 5 heteroatoms. The van der Waals surface area contributed by atoms with Gasteiger partial charge < -0.3 is 9.84 Å². The Hall–Kier alpha value is -2.17. The van der Waals surface area contributed by atoms with Gasteiger partial charge in [-0.3, -0.25) is 4.79 Å². The Morgan fingerprint density at radius 2 is 1.96 bits per heavy atom. The summed E-state index contributed by atoms with van der Waals surface area (Å²) in [5.74, 6) is 1.71. The fraction of sp³-hybridized carbons (Fsp3) is 0.500. The summed E-state index contributed by atoms with van der Waals surface area (Å²) in [5.41, 5.74) is 1.49. The Kier molecular flexibility index (Phi) is 3.85. The van der Waals surface area contributed by atoms with Crippen LogP contribution in [0.4, 0.5) is 0 Å². The first kappa shape index (κ1) is 14.4. The van der Waals surface area contributed by atoms with E-state index in [4.69, 9.17) is 4.52 Å². The first-order chi connectivity index (χ1) is 11.3. The summed E-state index contributed by atoms with van der Waals surface area (Å²) in [6, 6.07) is 7.79. The van der Waals surface area contributed by atoms with Gasteiger partial charge in [0.05, 0.1) is 0 Å². The fourth-order valence-corrected chi connectivity index (χ4v) is 3.31. The molecule has 0 atom stereocenters. The van der Waals surface area contributed by atoms with Gasteiger partial charge in [0.1, 0.15) is 0 Å². The highest BCUT2D eigenvalue weighted by Crippen LogP contribution is 2.36. The van der Waals surface area contributed by atoms with Crippen LogP contribution >= 0.6 is 0 Å². The second-order valence-corrected chi connectivity index (χ2v) is 6.62. The Bertz CT molecular complexity index is 700. The maximum Gasteiger partial charge on any atom is 0.251 e. The lowest BCUT2D eigenvalue weighted by Crippen LogP contribution is -2.32. The van der Waals surface area contributed by atoms with E-state index in [-0.39, 0.29) is 5.91 Å². The molecule has 5 nitrogen and oxygen atoms in total. The van der Waals surface area contributed by atoms with Gasteiger partial charge >= 0.3 is 0 Å². The Labute approximate surface area is 135 Å². The number of hydrogen-bond donors (Lipinski definition) is 1. The zero-order chi connectivity index (χ0) is 15.6. The SMILES string of the molecule is O=C(NC1CCCC1)c1cccc(-c2noc(C3CCC3)n2)c1. The van der Waals surface area contributed by atoms with Crippen molar-refractivity contribution in [2.45, 2.75) is 56.9 Å². The van der Waals surface area contributed by atoms with Crippen LogP contribution in [0.3, 0.4) is 0 Å². The molecule has 120 valence electrons. The normalized spacial score (nSPS) is 18.8. The highest BCUT2D eigenvalue weighted by atomic mass is 16.5. The Balaban J connectivity index is 1.50. The molecule has 4 rings (SSSR count). The van der Waals surface area contributed by atoms with Gasteiger partial charge in [0.2, 0.25) is 11.7 Å². The van der Waals surface area contributed by atoms with Crippen molar-refractivity contribution < 1.29 is 9.32 Å². The molecule has 0 spiro atoms. The molecule has 2 aliphatic rings. The van der Waals surface area contributed by atoms with Crippen molar-refractivity contribution in [3.63, 3.8) is 0 Å². The lowest BCUT2D eigenvalue weighted by atomic mass is 9.85. The van der Waals surface area contributed by atoms with Crippen molar-refractivity contribution in [1.29, 1.82) is 0 Å². The average Bonchev–Trinajstić information content (AvgIpc) is 3.17. The van der Waals surface area contributed by atoms with E-state index in [0.29, 0.717) is 23.3 Å². The molecular weight excluding hydrogens is 290 g/mol. The predicted octanol–water partition coefficient (Wildman–Crippen LogP) is 3.68. The average molecular weight is 311 g/mol. The van der Waals surface area contributed by atoms with Crippen molar-refractivity contribution in [3.8, 4) is 11.4 Å². The minimum Gasteiger partial charge on any atom is -0.349 e. The summed E-state index contributed by atoms with van der Waals surface area (Å²) in [5, 5.41) is 7.19. The van der Waals surface area contributed by atoms with E-state index in [1.165, 1.54) is 19.3 Å². The summed E-state index contributed by atoms with van der Waals surface area (Å²) >= 11 is 0. The minimum atomic E-state index is -0.0125. The highest BCUT2D eigenvalue weighted by Gasteiger charge is 2.25. The number of carbonyl (C=O) groups excluding carboxylic acids is 1. The van der Waals surface area contributed by atoms with Gasteiger partial charge in [0.15, 0.2) is 0 Å². The van der Waals surface area contributed by atoms with Crippen molar-refractivity contribution in [2.24, 2.45) is 0 Å².